The van der Waals surface area contributed by atoms with Gasteiger partial charge in [-0.05, 0) is 46.2 Å². The highest BCUT2D eigenvalue weighted by Crippen LogP contribution is 2.26. The number of ether oxygens (including phenoxy) is 1. The molecule has 28 heavy (non-hydrogen) atoms. The summed E-state index contributed by atoms with van der Waals surface area (Å²) in [7, 11) is 0. The van der Waals surface area contributed by atoms with Crippen LogP contribution in [0.15, 0.2) is 23.0 Å². The molecule has 1 aromatic carbocycles. The van der Waals surface area contributed by atoms with Crippen LogP contribution in [0.2, 0.25) is 0 Å². The molecule has 1 atom stereocenters. The number of benzene rings is 1. The van der Waals surface area contributed by atoms with Crippen LogP contribution in [0, 0.1) is 6.92 Å². The van der Waals surface area contributed by atoms with Crippen LogP contribution in [-0.4, -0.2) is 38.0 Å². The lowest BCUT2D eigenvalue weighted by molar-refractivity contribution is -0.149. The topological polar surface area (TPSA) is 125 Å². The Morgan fingerprint density at radius 1 is 1.25 bits per heavy atom. The van der Waals surface area contributed by atoms with Crippen LogP contribution in [0.3, 0.4) is 0 Å². The van der Waals surface area contributed by atoms with Crippen LogP contribution >= 0.6 is 0 Å². The van der Waals surface area contributed by atoms with Crippen LogP contribution in [0.1, 0.15) is 45.5 Å². The van der Waals surface area contributed by atoms with Crippen LogP contribution < -0.4 is 11.3 Å². The first kappa shape index (κ1) is 19.5. The van der Waals surface area contributed by atoms with Gasteiger partial charge in [0, 0.05) is 6.42 Å². The summed E-state index contributed by atoms with van der Waals surface area (Å²) in [5.41, 5.74) is 5.27. The zero-order valence-electron chi connectivity index (χ0n) is 16.2. The van der Waals surface area contributed by atoms with E-state index in [1.807, 2.05) is 0 Å². The average molecular weight is 386 g/mol. The second-order valence-corrected chi connectivity index (χ2v) is 7.68. The minimum atomic E-state index is -1.05. The van der Waals surface area contributed by atoms with Crippen molar-refractivity contribution >= 4 is 34.5 Å². The normalized spacial score (nSPS) is 17.9. The Bertz CT molecular complexity index is 1050. The molecule has 1 aliphatic rings. The maximum absolute atomic E-state index is 13.0. The highest BCUT2D eigenvalue weighted by Gasteiger charge is 2.42. The predicted molar refractivity (Wildman–Crippen MR) is 102 cm³/mol. The molecule has 0 saturated carbocycles. The second kappa shape index (κ2) is 6.74. The number of aryl methyl sites for hydroxylation is 1. The number of aromatic nitrogens is 2. The minimum Gasteiger partial charge on any atom is -0.443 e. The third-order valence-electron chi connectivity index (χ3n) is 4.41. The Morgan fingerprint density at radius 3 is 2.57 bits per heavy atom. The summed E-state index contributed by atoms with van der Waals surface area (Å²) in [5, 5.41) is 0.263. The molecule has 1 aliphatic heterocycles. The van der Waals surface area contributed by atoms with Gasteiger partial charge in [-0.25, -0.2) is 9.78 Å². The van der Waals surface area contributed by atoms with E-state index in [1.54, 1.807) is 45.9 Å². The summed E-state index contributed by atoms with van der Waals surface area (Å²) < 4.78 is 6.39. The zero-order valence-corrected chi connectivity index (χ0v) is 16.2. The second-order valence-electron chi connectivity index (χ2n) is 7.68. The Balaban J connectivity index is 2.07. The van der Waals surface area contributed by atoms with Crippen molar-refractivity contribution in [3.8, 4) is 0 Å². The number of hydrogen-bond donors (Lipinski definition) is 1. The van der Waals surface area contributed by atoms with Crippen molar-refractivity contribution in [1.82, 2.24) is 14.5 Å². The van der Waals surface area contributed by atoms with Gasteiger partial charge in [0.05, 0.1) is 11.1 Å². The quantitative estimate of drug-likeness (QED) is 0.586. The van der Waals surface area contributed by atoms with Crippen LogP contribution in [-0.2, 0) is 14.3 Å². The molecule has 0 radical (unpaired) electrons. The summed E-state index contributed by atoms with van der Waals surface area (Å²) in [6, 6.07) is 3.80. The fourth-order valence-corrected chi connectivity index (χ4v) is 3.22. The summed E-state index contributed by atoms with van der Waals surface area (Å²) in [4.78, 5) is 55.4. The lowest BCUT2D eigenvalue weighted by Gasteiger charge is -2.32. The molecule has 0 aliphatic carbocycles. The number of hydrogen-bond acceptors (Lipinski definition) is 7. The van der Waals surface area contributed by atoms with Crippen molar-refractivity contribution in [3.63, 3.8) is 0 Å². The van der Waals surface area contributed by atoms with Gasteiger partial charge in [-0.1, -0.05) is 6.07 Å². The number of nitrogens with zero attached hydrogens (tertiary/aromatic N) is 3. The summed E-state index contributed by atoms with van der Waals surface area (Å²) in [5.74, 6) is -1.19. The van der Waals surface area contributed by atoms with E-state index in [2.05, 4.69) is 4.98 Å². The number of nitrogens with two attached hydrogens (primary N) is 1. The fraction of sp³-hybridized carbons (Fsp3) is 0.421. The number of likely N-dealkylation sites (tertiary alicyclic amines) is 1. The van der Waals surface area contributed by atoms with E-state index in [9.17, 15) is 19.2 Å². The molecular weight excluding hydrogens is 364 g/mol. The first-order valence-electron chi connectivity index (χ1n) is 8.88. The summed E-state index contributed by atoms with van der Waals surface area (Å²) >= 11 is 0. The SMILES string of the molecule is Cc1nc2c(N)cccc2c(=O)n1C1CCC(=O)N(C(=O)OC(C)(C)C)C1=O. The average Bonchev–Trinajstić information content (AvgIpc) is 2.56. The Morgan fingerprint density at radius 2 is 1.93 bits per heavy atom. The number of rotatable bonds is 1. The molecule has 2 heterocycles. The molecule has 3 rings (SSSR count). The van der Waals surface area contributed by atoms with Crippen molar-refractivity contribution in [2.45, 2.75) is 52.2 Å². The maximum Gasteiger partial charge on any atom is 0.424 e. The van der Waals surface area contributed by atoms with Crippen molar-refractivity contribution in [2.24, 2.45) is 0 Å². The number of anilines is 1. The van der Waals surface area contributed by atoms with Gasteiger partial charge in [0.15, 0.2) is 0 Å². The maximum atomic E-state index is 13.0. The highest BCUT2D eigenvalue weighted by atomic mass is 16.6. The molecule has 2 aromatic rings. The largest absolute Gasteiger partial charge is 0.443 e. The van der Waals surface area contributed by atoms with E-state index in [-0.39, 0.29) is 24.1 Å². The van der Waals surface area contributed by atoms with Crippen LogP contribution in [0.25, 0.3) is 10.9 Å². The molecule has 9 nitrogen and oxygen atoms in total. The molecule has 2 N–H and O–H groups in total. The van der Waals surface area contributed by atoms with Crippen molar-refractivity contribution < 1.29 is 19.1 Å². The Kier molecular flexibility index (Phi) is 4.70. The van der Waals surface area contributed by atoms with Crippen LogP contribution in [0.4, 0.5) is 10.5 Å². The molecule has 0 bridgehead atoms. The van der Waals surface area contributed by atoms with Gasteiger partial charge in [-0.15, -0.1) is 0 Å². The standard InChI is InChI=1S/C19H22N4O5/c1-10-21-15-11(6-5-7-12(15)20)16(25)22(10)13-8-9-14(24)23(17(13)26)18(27)28-19(2,3)4/h5-7,13H,8-9,20H2,1-4H3. The molecule has 1 fully saturated rings. The molecule has 0 spiro atoms. The number of amides is 3. The van der Waals surface area contributed by atoms with E-state index in [1.165, 1.54) is 4.57 Å². The van der Waals surface area contributed by atoms with Gasteiger partial charge in [0.2, 0.25) is 5.91 Å². The number of para-hydroxylation sites is 1. The summed E-state index contributed by atoms with van der Waals surface area (Å²) in [6.45, 7) is 6.48. The van der Waals surface area contributed by atoms with E-state index < -0.39 is 35.1 Å². The van der Waals surface area contributed by atoms with Gasteiger partial charge in [0.1, 0.15) is 23.0 Å². The molecule has 1 saturated heterocycles. The molecular formula is C19H22N4O5. The van der Waals surface area contributed by atoms with Gasteiger partial charge in [-0.2, -0.15) is 4.90 Å². The fourth-order valence-electron chi connectivity index (χ4n) is 3.22. The van der Waals surface area contributed by atoms with Crippen molar-refractivity contribution in [2.75, 3.05) is 5.73 Å². The van der Waals surface area contributed by atoms with Gasteiger partial charge < -0.3 is 10.5 Å². The minimum absolute atomic E-state index is 0.0729. The Labute approximate surface area is 161 Å². The van der Waals surface area contributed by atoms with Crippen LogP contribution in [0.5, 0.6) is 0 Å². The van der Waals surface area contributed by atoms with E-state index in [0.29, 0.717) is 16.1 Å². The number of fused-ring (bicyclic) bond motifs is 1. The highest BCUT2D eigenvalue weighted by molar-refractivity contribution is 6.11. The van der Waals surface area contributed by atoms with Gasteiger partial charge >= 0.3 is 6.09 Å². The van der Waals surface area contributed by atoms with Crippen molar-refractivity contribution in [1.29, 1.82) is 0 Å². The number of imide groups is 3. The molecule has 1 unspecified atom stereocenters. The number of carbonyl (C=O) groups excluding carboxylic acids is 3. The third kappa shape index (κ3) is 3.35. The van der Waals surface area contributed by atoms with Gasteiger partial charge in [-0.3, -0.25) is 19.0 Å². The predicted octanol–water partition coefficient (Wildman–Crippen LogP) is 1.91. The number of nitrogen functional groups attached to an aromatic ring is 1. The first-order valence-corrected chi connectivity index (χ1v) is 8.88. The molecule has 148 valence electrons. The first-order chi connectivity index (χ1) is 13.0. The lowest BCUT2D eigenvalue weighted by Crippen LogP contribution is -2.52. The smallest absolute Gasteiger partial charge is 0.424 e. The van der Waals surface area contributed by atoms with Crippen molar-refractivity contribution in [3.05, 3.63) is 34.4 Å². The Hall–Kier alpha value is -3.23. The monoisotopic (exact) mass is 386 g/mol. The third-order valence-corrected chi connectivity index (χ3v) is 4.41. The molecule has 1 aromatic heterocycles. The van der Waals surface area contributed by atoms with E-state index in [0.717, 1.165) is 0 Å². The van der Waals surface area contributed by atoms with E-state index >= 15 is 0 Å². The zero-order chi connectivity index (χ0) is 20.8. The van der Waals surface area contributed by atoms with E-state index in [4.69, 9.17) is 10.5 Å². The molecule has 3 amide bonds. The lowest BCUT2D eigenvalue weighted by atomic mass is 10.0. The number of carbonyl (C=O) groups is 3. The molecule has 9 heteroatoms. The number of piperidine rings is 1. The van der Waals surface area contributed by atoms with Gasteiger partial charge in [0.25, 0.3) is 11.5 Å². The summed E-state index contributed by atoms with van der Waals surface area (Å²) in [6.07, 6.45) is -1.03.